The summed E-state index contributed by atoms with van der Waals surface area (Å²) >= 11 is 0. The minimum atomic E-state index is -0.964. The summed E-state index contributed by atoms with van der Waals surface area (Å²) in [7, 11) is 0. The average Bonchev–Trinajstić information content (AvgIpc) is 2.62. The summed E-state index contributed by atoms with van der Waals surface area (Å²) in [5.74, 6) is -2.14. The first-order valence-corrected chi connectivity index (χ1v) is 8.68. The van der Waals surface area contributed by atoms with Gasteiger partial charge in [0.15, 0.2) is 11.6 Å². The van der Waals surface area contributed by atoms with Crippen LogP contribution < -0.4 is 5.73 Å². The van der Waals surface area contributed by atoms with E-state index < -0.39 is 17.7 Å². The van der Waals surface area contributed by atoms with Crippen molar-refractivity contribution in [3.63, 3.8) is 0 Å². The first-order chi connectivity index (χ1) is 12.0. The van der Waals surface area contributed by atoms with Crippen molar-refractivity contribution in [1.29, 1.82) is 0 Å². The number of likely N-dealkylation sites (tertiary alicyclic amines) is 1. The van der Waals surface area contributed by atoms with E-state index >= 15 is 0 Å². The maximum absolute atomic E-state index is 13.7. The van der Waals surface area contributed by atoms with Crippen LogP contribution in [0.5, 0.6) is 0 Å². The quantitative estimate of drug-likeness (QED) is 0.834. The van der Waals surface area contributed by atoms with Crippen LogP contribution in [0, 0.1) is 17.0 Å². The van der Waals surface area contributed by atoms with Gasteiger partial charge in [0.2, 0.25) is 5.91 Å². The zero-order valence-electron chi connectivity index (χ0n) is 14.1. The molecule has 7 heteroatoms. The van der Waals surface area contributed by atoms with Crippen molar-refractivity contribution >= 4 is 5.91 Å². The predicted octanol–water partition coefficient (Wildman–Crippen LogP) is 1.22. The van der Waals surface area contributed by atoms with E-state index in [1.165, 1.54) is 12.1 Å². The Morgan fingerprint density at radius 2 is 2.08 bits per heavy atom. The van der Waals surface area contributed by atoms with E-state index in [4.69, 9.17) is 10.5 Å². The van der Waals surface area contributed by atoms with Crippen LogP contribution in [0.1, 0.15) is 24.8 Å². The zero-order chi connectivity index (χ0) is 18.0. The Bertz CT molecular complexity index is 633. The van der Waals surface area contributed by atoms with Crippen LogP contribution in [0.15, 0.2) is 18.2 Å². The molecule has 2 fully saturated rings. The highest BCUT2D eigenvalue weighted by Crippen LogP contribution is 2.50. The minimum Gasteiger partial charge on any atom is -0.392 e. The van der Waals surface area contributed by atoms with Crippen molar-refractivity contribution in [2.24, 2.45) is 11.1 Å². The second-order valence-corrected chi connectivity index (χ2v) is 6.90. The standard InChI is InChI=1S/C18H24F2N2O3/c19-13-3-1-2-12(17(13)20)10-16(24)22-7-4-18(5-8-22)14(23)11-15(18)25-9-6-21/h1-3,14-15,23H,4-11,21H2/t14-,15+/m0/s1. The van der Waals surface area contributed by atoms with Crippen LogP contribution in [0.3, 0.4) is 0 Å². The third-order valence-corrected chi connectivity index (χ3v) is 5.60. The molecular weight excluding hydrogens is 330 g/mol. The topological polar surface area (TPSA) is 75.8 Å². The molecule has 5 nitrogen and oxygen atoms in total. The second-order valence-electron chi connectivity index (χ2n) is 6.90. The van der Waals surface area contributed by atoms with E-state index in [-0.39, 0.29) is 29.4 Å². The number of amides is 1. The normalized spacial score (nSPS) is 25.0. The number of rotatable bonds is 5. The van der Waals surface area contributed by atoms with Gasteiger partial charge in [-0.15, -0.1) is 0 Å². The third-order valence-electron chi connectivity index (χ3n) is 5.60. The van der Waals surface area contributed by atoms with Crippen molar-refractivity contribution in [3.8, 4) is 0 Å². The van der Waals surface area contributed by atoms with Gasteiger partial charge < -0.3 is 20.5 Å². The van der Waals surface area contributed by atoms with Gasteiger partial charge in [-0.3, -0.25) is 4.79 Å². The van der Waals surface area contributed by atoms with Gasteiger partial charge in [0.25, 0.3) is 0 Å². The largest absolute Gasteiger partial charge is 0.392 e. The smallest absolute Gasteiger partial charge is 0.227 e. The van der Waals surface area contributed by atoms with Gasteiger partial charge in [-0.25, -0.2) is 8.78 Å². The first-order valence-electron chi connectivity index (χ1n) is 8.68. The SMILES string of the molecule is NCCO[C@@H]1C[C@H](O)C12CCN(C(=O)Cc1cccc(F)c1F)CC2. The molecule has 1 heterocycles. The van der Waals surface area contributed by atoms with Crippen LogP contribution in [-0.4, -0.2) is 54.4 Å². The summed E-state index contributed by atoms with van der Waals surface area (Å²) in [6.45, 7) is 1.86. The van der Waals surface area contributed by atoms with Gasteiger partial charge in [0.05, 0.1) is 25.2 Å². The Labute approximate surface area is 145 Å². The fourth-order valence-electron chi connectivity index (χ4n) is 3.96. The minimum absolute atomic E-state index is 0.0241. The summed E-state index contributed by atoms with van der Waals surface area (Å²) in [5.41, 5.74) is 5.23. The maximum atomic E-state index is 13.7. The molecule has 1 saturated heterocycles. The van der Waals surface area contributed by atoms with Crippen LogP contribution in [0.4, 0.5) is 8.78 Å². The van der Waals surface area contributed by atoms with Gasteiger partial charge >= 0.3 is 0 Å². The lowest BCUT2D eigenvalue weighted by Gasteiger charge is -2.56. The Morgan fingerprint density at radius 3 is 2.72 bits per heavy atom. The molecule has 2 atom stereocenters. The number of halogens is 2. The summed E-state index contributed by atoms with van der Waals surface area (Å²) < 4.78 is 32.7. The number of hydrogen-bond acceptors (Lipinski definition) is 4. The number of ether oxygens (including phenoxy) is 1. The number of hydrogen-bond donors (Lipinski definition) is 2. The number of aliphatic hydroxyl groups is 1. The molecule has 1 aromatic carbocycles. The van der Waals surface area contributed by atoms with Crippen LogP contribution in [0.25, 0.3) is 0 Å². The zero-order valence-corrected chi connectivity index (χ0v) is 14.1. The highest BCUT2D eigenvalue weighted by atomic mass is 19.2. The second kappa shape index (κ2) is 7.35. The van der Waals surface area contributed by atoms with Crippen LogP contribution in [-0.2, 0) is 16.0 Å². The Morgan fingerprint density at radius 1 is 1.36 bits per heavy atom. The molecule has 1 aliphatic carbocycles. The Hall–Kier alpha value is -1.57. The van der Waals surface area contributed by atoms with Crippen molar-refractivity contribution in [2.75, 3.05) is 26.2 Å². The van der Waals surface area contributed by atoms with E-state index in [0.717, 1.165) is 6.07 Å². The molecule has 2 aliphatic rings. The third kappa shape index (κ3) is 3.41. The van der Waals surface area contributed by atoms with Gasteiger partial charge in [0.1, 0.15) is 0 Å². The number of nitrogens with zero attached hydrogens (tertiary/aromatic N) is 1. The lowest BCUT2D eigenvalue weighted by molar-refractivity contribution is -0.210. The molecule has 0 aromatic heterocycles. The molecule has 1 spiro atoms. The van der Waals surface area contributed by atoms with Gasteiger partial charge in [-0.1, -0.05) is 12.1 Å². The van der Waals surface area contributed by atoms with Gasteiger partial charge in [-0.2, -0.15) is 0 Å². The monoisotopic (exact) mass is 354 g/mol. The van der Waals surface area contributed by atoms with E-state index in [9.17, 15) is 18.7 Å². The molecule has 3 rings (SSSR count). The van der Waals surface area contributed by atoms with E-state index in [2.05, 4.69) is 0 Å². The molecular formula is C18H24F2N2O3. The molecule has 1 aliphatic heterocycles. The van der Waals surface area contributed by atoms with Gasteiger partial charge in [-0.05, 0) is 18.9 Å². The van der Waals surface area contributed by atoms with E-state index in [1.54, 1.807) is 4.90 Å². The summed E-state index contributed by atoms with van der Waals surface area (Å²) in [5, 5.41) is 10.2. The maximum Gasteiger partial charge on any atom is 0.227 e. The Kier molecular flexibility index (Phi) is 5.36. The highest BCUT2D eigenvalue weighted by molar-refractivity contribution is 5.79. The van der Waals surface area contributed by atoms with E-state index in [0.29, 0.717) is 45.5 Å². The fourth-order valence-corrected chi connectivity index (χ4v) is 3.96. The molecule has 1 amide bonds. The number of nitrogens with two attached hydrogens (primary N) is 1. The van der Waals surface area contributed by atoms with Crippen molar-refractivity contribution in [2.45, 2.75) is 37.9 Å². The molecule has 0 bridgehead atoms. The average molecular weight is 354 g/mol. The fraction of sp³-hybridized carbons (Fsp3) is 0.611. The Balaban J connectivity index is 1.58. The first kappa shape index (κ1) is 18.2. The molecule has 25 heavy (non-hydrogen) atoms. The van der Waals surface area contributed by atoms with Crippen molar-refractivity contribution in [1.82, 2.24) is 4.90 Å². The summed E-state index contributed by atoms with van der Waals surface area (Å²) in [6, 6.07) is 3.86. The molecule has 1 aromatic rings. The van der Waals surface area contributed by atoms with Crippen molar-refractivity contribution < 1.29 is 23.4 Å². The summed E-state index contributed by atoms with van der Waals surface area (Å²) in [4.78, 5) is 14.1. The molecule has 0 unspecified atom stereocenters. The van der Waals surface area contributed by atoms with E-state index in [1.807, 2.05) is 0 Å². The number of benzene rings is 1. The predicted molar refractivity (Wildman–Crippen MR) is 87.7 cm³/mol. The highest BCUT2D eigenvalue weighted by Gasteiger charge is 2.56. The van der Waals surface area contributed by atoms with Crippen molar-refractivity contribution in [3.05, 3.63) is 35.4 Å². The number of aliphatic hydroxyl groups excluding tert-OH is 1. The number of piperidine rings is 1. The lowest BCUT2D eigenvalue weighted by atomic mass is 9.58. The molecule has 138 valence electrons. The lowest BCUT2D eigenvalue weighted by Crippen LogP contribution is -2.63. The molecule has 1 saturated carbocycles. The summed E-state index contributed by atoms with van der Waals surface area (Å²) in [6.07, 6.45) is 1.27. The number of carbonyl (C=O) groups excluding carboxylic acids is 1. The number of carbonyl (C=O) groups is 1. The van der Waals surface area contributed by atoms with Crippen LogP contribution >= 0.6 is 0 Å². The molecule has 3 N–H and O–H groups in total. The van der Waals surface area contributed by atoms with Crippen LogP contribution in [0.2, 0.25) is 0 Å². The molecule has 0 radical (unpaired) electrons. The van der Waals surface area contributed by atoms with Gasteiger partial charge in [0, 0.05) is 37.0 Å².